The van der Waals surface area contributed by atoms with E-state index in [9.17, 15) is 4.79 Å². The molecule has 0 amide bonds. The van der Waals surface area contributed by atoms with Crippen molar-refractivity contribution in [1.29, 1.82) is 0 Å². The molecule has 2 rings (SSSR count). The summed E-state index contributed by atoms with van der Waals surface area (Å²) in [6.07, 6.45) is 6.44. The van der Waals surface area contributed by atoms with Crippen LogP contribution in [0.3, 0.4) is 0 Å². The highest BCUT2D eigenvalue weighted by Gasteiger charge is 2.28. The summed E-state index contributed by atoms with van der Waals surface area (Å²) in [7, 11) is 0. The van der Waals surface area contributed by atoms with Crippen LogP contribution in [-0.2, 0) is 9.53 Å². The Balaban J connectivity index is 2.36. The zero-order chi connectivity index (χ0) is 15.9. The molecular formula is C19H25NO2. The number of benzene rings is 1. The van der Waals surface area contributed by atoms with Crippen molar-refractivity contribution in [2.75, 3.05) is 13.2 Å². The highest BCUT2D eigenvalue weighted by atomic mass is 16.5. The Bertz CT molecular complexity index is 560. The van der Waals surface area contributed by atoms with Crippen LogP contribution >= 0.6 is 0 Å². The van der Waals surface area contributed by atoms with Crippen LogP contribution in [0.1, 0.15) is 45.1 Å². The van der Waals surface area contributed by atoms with E-state index in [1.165, 1.54) is 0 Å². The molecule has 0 saturated heterocycles. The van der Waals surface area contributed by atoms with Crippen molar-refractivity contribution >= 4 is 5.97 Å². The molecule has 3 nitrogen and oxygen atoms in total. The van der Waals surface area contributed by atoms with Gasteiger partial charge >= 0.3 is 5.97 Å². The van der Waals surface area contributed by atoms with Crippen LogP contribution in [0.5, 0.6) is 0 Å². The first-order valence-corrected chi connectivity index (χ1v) is 8.06. The van der Waals surface area contributed by atoms with Gasteiger partial charge in [-0.1, -0.05) is 49.8 Å². The Morgan fingerprint density at radius 1 is 1.23 bits per heavy atom. The maximum atomic E-state index is 12.5. The number of unbranched alkanes of at least 4 members (excludes halogenated alkanes) is 1. The molecule has 3 heteroatoms. The predicted octanol–water partition coefficient (Wildman–Crippen LogP) is 4.24. The highest BCUT2D eigenvalue weighted by Crippen LogP contribution is 2.34. The molecule has 0 fully saturated rings. The molecule has 1 atom stereocenters. The molecule has 1 aliphatic heterocycles. The van der Waals surface area contributed by atoms with E-state index in [1.54, 1.807) is 0 Å². The molecule has 0 radical (unpaired) electrons. The van der Waals surface area contributed by atoms with Crippen LogP contribution in [0, 0.1) is 0 Å². The van der Waals surface area contributed by atoms with Crippen LogP contribution in [0.4, 0.5) is 0 Å². The van der Waals surface area contributed by atoms with E-state index in [-0.39, 0.29) is 11.9 Å². The SMILES string of the molecule is CCCCN1C=CC(c2ccccc2)C(C(=O)OCC)=C1C. The van der Waals surface area contributed by atoms with E-state index in [0.29, 0.717) is 6.61 Å². The van der Waals surface area contributed by atoms with Crippen LogP contribution in [0.25, 0.3) is 0 Å². The van der Waals surface area contributed by atoms with Crippen molar-refractivity contribution in [3.63, 3.8) is 0 Å². The minimum absolute atomic E-state index is 0.0295. The third-order valence-electron chi connectivity index (χ3n) is 4.00. The normalized spacial score (nSPS) is 17.8. The zero-order valence-corrected chi connectivity index (χ0v) is 13.7. The van der Waals surface area contributed by atoms with Crippen molar-refractivity contribution < 1.29 is 9.53 Å². The Kier molecular flexibility index (Phi) is 5.82. The molecule has 1 aromatic rings. The van der Waals surface area contributed by atoms with Crippen LogP contribution in [0.15, 0.2) is 53.9 Å². The fourth-order valence-electron chi connectivity index (χ4n) is 2.77. The molecular weight excluding hydrogens is 274 g/mol. The van der Waals surface area contributed by atoms with Crippen LogP contribution in [-0.4, -0.2) is 24.0 Å². The van der Waals surface area contributed by atoms with Gasteiger partial charge in [0.15, 0.2) is 0 Å². The van der Waals surface area contributed by atoms with Crippen LogP contribution < -0.4 is 0 Å². The molecule has 0 bridgehead atoms. The highest BCUT2D eigenvalue weighted by molar-refractivity contribution is 5.92. The summed E-state index contributed by atoms with van der Waals surface area (Å²) >= 11 is 0. The first kappa shape index (κ1) is 16.3. The van der Waals surface area contributed by atoms with Crippen molar-refractivity contribution in [3.05, 3.63) is 59.4 Å². The number of rotatable bonds is 6. The smallest absolute Gasteiger partial charge is 0.336 e. The lowest BCUT2D eigenvalue weighted by Gasteiger charge is -2.31. The molecule has 118 valence electrons. The van der Waals surface area contributed by atoms with Gasteiger partial charge in [-0.15, -0.1) is 0 Å². The second kappa shape index (κ2) is 7.83. The fourth-order valence-corrected chi connectivity index (χ4v) is 2.77. The first-order chi connectivity index (χ1) is 10.7. The average Bonchev–Trinajstić information content (AvgIpc) is 2.54. The number of carbonyl (C=O) groups is 1. The largest absolute Gasteiger partial charge is 0.463 e. The number of carbonyl (C=O) groups excluding carboxylic acids is 1. The van der Waals surface area contributed by atoms with Gasteiger partial charge < -0.3 is 9.64 Å². The molecule has 22 heavy (non-hydrogen) atoms. The predicted molar refractivity (Wildman–Crippen MR) is 89.3 cm³/mol. The minimum atomic E-state index is -0.209. The van der Waals surface area contributed by atoms with E-state index < -0.39 is 0 Å². The zero-order valence-electron chi connectivity index (χ0n) is 13.7. The minimum Gasteiger partial charge on any atom is -0.463 e. The molecule has 0 aromatic heterocycles. The summed E-state index contributed by atoms with van der Waals surface area (Å²) in [5.74, 6) is -0.238. The maximum absolute atomic E-state index is 12.5. The number of hydrogen-bond donors (Lipinski definition) is 0. The molecule has 1 unspecified atom stereocenters. The van der Waals surface area contributed by atoms with E-state index >= 15 is 0 Å². The second-order valence-electron chi connectivity index (χ2n) is 5.50. The monoisotopic (exact) mass is 299 g/mol. The van der Waals surface area contributed by atoms with Gasteiger partial charge in [-0.05, 0) is 25.8 Å². The van der Waals surface area contributed by atoms with Crippen molar-refractivity contribution in [2.45, 2.75) is 39.5 Å². The van der Waals surface area contributed by atoms with Crippen molar-refractivity contribution in [1.82, 2.24) is 4.90 Å². The summed E-state index contributed by atoms with van der Waals surface area (Å²) in [6.45, 7) is 7.37. The molecule has 0 spiro atoms. The number of nitrogens with zero attached hydrogens (tertiary/aromatic N) is 1. The molecule has 0 N–H and O–H groups in total. The molecule has 1 aromatic carbocycles. The van der Waals surface area contributed by atoms with Gasteiger partial charge in [0.1, 0.15) is 0 Å². The summed E-state index contributed by atoms with van der Waals surface area (Å²) < 4.78 is 5.30. The Hall–Kier alpha value is -2.03. The van der Waals surface area contributed by atoms with Gasteiger partial charge in [-0.25, -0.2) is 4.79 Å². The Morgan fingerprint density at radius 2 is 1.95 bits per heavy atom. The fraction of sp³-hybridized carbons (Fsp3) is 0.421. The van der Waals surface area contributed by atoms with E-state index in [4.69, 9.17) is 4.74 Å². The number of esters is 1. The van der Waals surface area contributed by atoms with Crippen molar-refractivity contribution in [2.24, 2.45) is 0 Å². The Labute approximate surface area is 133 Å². The topological polar surface area (TPSA) is 29.5 Å². The number of allylic oxidation sites excluding steroid dienone is 2. The lowest BCUT2D eigenvalue weighted by Crippen LogP contribution is -2.27. The summed E-state index contributed by atoms with van der Waals surface area (Å²) in [5, 5.41) is 0. The molecule has 1 aliphatic rings. The lowest BCUT2D eigenvalue weighted by atomic mass is 9.87. The van der Waals surface area contributed by atoms with Gasteiger partial charge in [-0.3, -0.25) is 0 Å². The van der Waals surface area contributed by atoms with Gasteiger partial charge in [0.25, 0.3) is 0 Å². The van der Waals surface area contributed by atoms with Gasteiger partial charge in [-0.2, -0.15) is 0 Å². The molecule has 0 saturated carbocycles. The van der Waals surface area contributed by atoms with E-state index in [0.717, 1.165) is 36.2 Å². The lowest BCUT2D eigenvalue weighted by molar-refractivity contribution is -0.138. The summed E-state index contributed by atoms with van der Waals surface area (Å²) in [4.78, 5) is 14.6. The third-order valence-corrected chi connectivity index (χ3v) is 4.00. The molecule has 0 aliphatic carbocycles. The standard InChI is InChI=1S/C19H25NO2/c1-4-6-13-20-14-12-17(16-10-8-7-9-11-16)18(15(20)3)19(21)22-5-2/h7-12,14,17H,4-6,13H2,1-3H3. The van der Waals surface area contributed by atoms with Crippen LogP contribution in [0.2, 0.25) is 0 Å². The first-order valence-electron chi connectivity index (χ1n) is 8.06. The van der Waals surface area contributed by atoms with E-state index in [1.807, 2.05) is 32.0 Å². The quantitative estimate of drug-likeness (QED) is 0.736. The number of ether oxygens (including phenoxy) is 1. The average molecular weight is 299 g/mol. The molecule has 1 heterocycles. The summed E-state index contributed by atoms with van der Waals surface area (Å²) in [6, 6.07) is 10.1. The van der Waals surface area contributed by atoms with Gasteiger partial charge in [0, 0.05) is 24.4 Å². The number of hydrogen-bond acceptors (Lipinski definition) is 3. The van der Waals surface area contributed by atoms with Gasteiger partial charge in [0.05, 0.1) is 12.2 Å². The van der Waals surface area contributed by atoms with E-state index in [2.05, 4.69) is 36.2 Å². The second-order valence-corrected chi connectivity index (χ2v) is 5.50. The maximum Gasteiger partial charge on any atom is 0.336 e. The Morgan fingerprint density at radius 3 is 2.59 bits per heavy atom. The summed E-state index contributed by atoms with van der Waals surface area (Å²) in [5.41, 5.74) is 2.88. The van der Waals surface area contributed by atoms with Gasteiger partial charge in [0.2, 0.25) is 0 Å². The van der Waals surface area contributed by atoms with Crippen molar-refractivity contribution in [3.8, 4) is 0 Å². The third kappa shape index (κ3) is 3.59.